The van der Waals surface area contributed by atoms with Crippen LogP contribution in [0.1, 0.15) is 10.4 Å². The van der Waals surface area contributed by atoms with Crippen LogP contribution in [0.3, 0.4) is 0 Å². The van der Waals surface area contributed by atoms with Gasteiger partial charge in [0.2, 0.25) is 5.43 Å². The third kappa shape index (κ3) is 3.92. The van der Waals surface area contributed by atoms with Crippen molar-refractivity contribution in [2.75, 3.05) is 5.32 Å². The summed E-state index contributed by atoms with van der Waals surface area (Å²) in [5, 5.41) is 23.0. The molecular weight excluding hydrogens is 462 g/mol. The number of hydrogen-bond donors (Lipinski definition) is 2. The van der Waals surface area contributed by atoms with Crippen LogP contribution in [0.15, 0.2) is 59.5 Å². The van der Waals surface area contributed by atoms with Crippen molar-refractivity contribution in [3.05, 3.63) is 104 Å². The van der Waals surface area contributed by atoms with Crippen molar-refractivity contribution >= 4 is 33.9 Å². The minimum absolute atomic E-state index is 0.198. The SMILES string of the molecule is O=C(O)c1cn(-c2ccc(F)cc2F)c2cc(Nc3ccc(F)cc3F)c([N+](=O)[O-])cc2c1=O. The fourth-order valence-electron chi connectivity index (χ4n) is 3.38. The number of carboxylic acid groups (broad SMARTS) is 1. The second-order valence-electron chi connectivity index (χ2n) is 7.04. The fourth-order valence-corrected chi connectivity index (χ4v) is 3.38. The second kappa shape index (κ2) is 8.31. The highest BCUT2D eigenvalue weighted by Crippen LogP contribution is 2.34. The number of aromatic carboxylic acids is 1. The highest BCUT2D eigenvalue weighted by atomic mass is 19.1. The Bertz CT molecular complexity index is 1570. The lowest BCUT2D eigenvalue weighted by Crippen LogP contribution is -2.19. The van der Waals surface area contributed by atoms with Crippen molar-refractivity contribution in [3.63, 3.8) is 0 Å². The second-order valence-corrected chi connectivity index (χ2v) is 7.04. The number of nitrogens with one attached hydrogen (secondary N) is 1. The van der Waals surface area contributed by atoms with E-state index in [1.165, 1.54) is 0 Å². The van der Waals surface area contributed by atoms with Crippen LogP contribution in [0.5, 0.6) is 0 Å². The number of nitro benzene ring substituents is 1. The molecule has 0 fully saturated rings. The molecule has 2 N–H and O–H groups in total. The lowest BCUT2D eigenvalue weighted by Gasteiger charge is -2.15. The Hall–Kier alpha value is -4.74. The van der Waals surface area contributed by atoms with Crippen LogP contribution in [0.25, 0.3) is 16.6 Å². The third-order valence-corrected chi connectivity index (χ3v) is 4.92. The number of nitro groups is 1. The number of aromatic nitrogens is 1. The maximum absolute atomic E-state index is 14.5. The summed E-state index contributed by atoms with van der Waals surface area (Å²) in [6, 6.07) is 6.59. The van der Waals surface area contributed by atoms with E-state index in [0.29, 0.717) is 12.1 Å². The molecule has 0 unspecified atom stereocenters. The molecule has 172 valence electrons. The zero-order valence-electron chi connectivity index (χ0n) is 16.7. The summed E-state index contributed by atoms with van der Waals surface area (Å²) in [6.07, 6.45) is 0.789. The molecule has 0 amide bonds. The average molecular weight is 473 g/mol. The van der Waals surface area contributed by atoms with E-state index in [0.717, 1.165) is 47.2 Å². The van der Waals surface area contributed by atoms with Crippen molar-refractivity contribution in [2.24, 2.45) is 0 Å². The van der Waals surface area contributed by atoms with Crippen LogP contribution >= 0.6 is 0 Å². The van der Waals surface area contributed by atoms with E-state index in [2.05, 4.69) is 5.32 Å². The average Bonchev–Trinajstić information content (AvgIpc) is 2.76. The summed E-state index contributed by atoms with van der Waals surface area (Å²) >= 11 is 0. The first-order chi connectivity index (χ1) is 16.1. The molecule has 4 aromatic rings. The molecule has 0 atom stereocenters. The molecule has 8 nitrogen and oxygen atoms in total. The third-order valence-electron chi connectivity index (χ3n) is 4.92. The molecule has 4 rings (SSSR count). The van der Waals surface area contributed by atoms with Gasteiger partial charge in [0, 0.05) is 24.4 Å². The fraction of sp³-hybridized carbons (Fsp3) is 0. The van der Waals surface area contributed by atoms with Gasteiger partial charge in [0.25, 0.3) is 5.69 Å². The smallest absolute Gasteiger partial charge is 0.341 e. The number of halogens is 4. The Labute approximate surface area is 186 Å². The molecule has 0 aliphatic rings. The number of nitrogens with zero attached hydrogens (tertiary/aromatic N) is 2. The quantitative estimate of drug-likeness (QED) is 0.242. The van der Waals surface area contributed by atoms with Gasteiger partial charge >= 0.3 is 5.97 Å². The number of benzene rings is 3. The van der Waals surface area contributed by atoms with Gasteiger partial charge in [0.1, 0.15) is 34.5 Å². The van der Waals surface area contributed by atoms with Crippen molar-refractivity contribution < 1.29 is 32.4 Å². The van der Waals surface area contributed by atoms with Crippen molar-refractivity contribution in [1.82, 2.24) is 4.57 Å². The van der Waals surface area contributed by atoms with E-state index in [4.69, 9.17) is 0 Å². The van der Waals surface area contributed by atoms with Gasteiger partial charge in [0.05, 0.1) is 27.2 Å². The van der Waals surface area contributed by atoms with Gasteiger partial charge in [-0.15, -0.1) is 0 Å². The van der Waals surface area contributed by atoms with Crippen LogP contribution in [0.4, 0.5) is 34.6 Å². The summed E-state index contributed by atoms with van der Waals surface area (Å²) in [5.41, 5.74) is -3.91. The first kappa shape index (κ1) is 22.5. The van der Waals surface area contributed by atoms with E-state index in [9.17, 15) is 42.4 Å². The zero-order valence-corrected chi connectivity index (χ0v) is 16.7. The molecule has 0 saturated carbocycles. The predicted molar refractivity (Wildman–Crippen MR) is 113 cm³/mol. The van der Waals surface area contributed by atoms with Crippen LogP contribution in [0.2, 0.25) is 0 Å². The first-order valence-electron chi connectivity index (χ1n) is 9.35. The highest BCUT2D eigenvalue weighted by molar-refractivity contribution is 5.96. The Kier molecular flexibility index (Phi) is 5.49. The van der Waals surface area contributed by atoms with Gasteiger partial charge in [0.15, 0.2) is 0 Å². The highest BCUT2D eigenvalue weighted by Gasteiger charge is 2.23. The number of carboxylic acids is 1. The van der Waals surface area contributed by atoms with Gasteiger partial charge < -0.3 is 15.0 Å². The van der Waals surface area contributed by atoms with Gasteiger partial charge in [-0.05, 0) is 30.3 Å². The van der Waals surface area contributed by atoms with Gasteiger partial charge in [-0.25, -0.2) is 22.4 Å². The number of carbonyl (C=O) groups is 1. The van der Waals surface area contributed by atoms with Crippen molar-refractivity contribution in [3.8, 4) is 5.69 Å². The molecule has 34 heavy (non-hydrogen) atoms. The molecule has 0 aliphatic carbocycles. The Morgan fingerprint density at radius 1 is 0.941 bits per heavy atom. The number of hydrogen-bond acceptors (Lipinski definition) is 5. The van der Waals surface area contributed by atoms with Crippen molar-refractivity contribution in [2.45, 2.75) is 0 Å². The van der Waals surface area contributed by atoms with E-state index < -0.39 is 56.2 Å². The van der Waals surface area contributed by atoms with E-state index in [1.807, 2.05) is 0 Å². The number of fused-ring (bicyclic) bond motifs is 1. The summed E-state index contributed by atoms with van der Waals surface area (Å²) < 4.78 is 56.3. The predicted octanol–water partition coefficient (Wildman–Crippen LogP) is 4.90. The topological polar surface area (TPSA) is 114 Å². The monoisotopic (exact) mass is 473 g/mol. The number of pyridine rings is 1. The molecule has 0 saturated heterocycles. The molecule has 0 radical (unpaired) electrons. The Morgan fingerprint density at radius 3 is 2.18 bits per heavy atom. The lowest BCUT2D eigenvalue weighted by molar-refractivity contribution is -0.383. The summed E-state index contributed by atoms with van der Waals surface area (Å²) in [4.78, 5) is 35.1. The molecule has 12 heteroatoms. The Balaban J connectivity index is 2.07. The number of rotatable bonds is 5. The molecule has 1 heterocycles. The minimum Gasteiger partial charge on any atom is -0.477 e. The maximum atomic E-state index is 14.5. The summed E-state index contributed by atoms with van der Waals surface area (Å²) in [5.74, 6) is -5.68. The van der Waals surface area contributed by atoms with Crippen molar-refractivity contribution in [1.29, 1.82) is 0 Å². The zero-order chi connectivity index (χ0) is 24.7. The standard InChI is InChI=1S/C22H11F4N3O5/c23-10-1-3-16(14(25)5-10)27-17-8-19-12(7-20(17)29(33)34)21(30)13(22(31)32)9-28(19)18-4-2-11(24)6-15(18)26/h1-9,27H,(H,31,32). The van der Waals surface area contributed by atoms with E-state index in [1.54, 1.807) is 0 Å². The minimum atomic E-state index is -1.68. The lowest BCUT2D eigenvalue weighted by atomic mass is 10.1. The number of anilines is 2. The summed E-state index contributed by atoms with van der Waals surface area (Å²) in [6.45, 7) is 0. The van der Waals surface area contributed by atoms with Crippen LogP contribution in [-0.2, 0) is 0 Å². The molecule has 1 aromatic heterocycles. The molecule has 0 aliphatic heterocycles. The first-order valence-corrected chi connectivity index (χ1v) is 9.35. The van der Waals surface area contributed by atoms with Gasteiger partial charge in [-0.2, -0.15) is 0 Å². The largest absolute Gasteiger partial charge is 0.477 e. The Morgan fingerprint density at radius 2 is 1.59 bits per heavy atom. The van der Waals surface area contributed by atoms with Crippen LogP contribution < -0.4 is 10.7 Å². The molecule has 0 spiro atoms. The normalized spacial score (nSPS) is 10.9. The van der Waals surface area contributed by atoms with Crippen LogP contribution in [-0.4, -0.2) is 20.6 Å². The van der Waals surface area contributed by atoms with Gasteiger partial charge in [-0.3, -0.25) is 14.9 Å². The molecule has 0 bridgehead atoms. The van der Waals surface area contributed by atoms with E-state index in [-0.39, 0.29) is 22.6 Å². The maximum Gasteiger partial charge on any atom is 0.341 e. The molecular formula is C22H11F4N3O5. The van der Waals surface area contributed by atoms with Gasteiger partial charge in [-0.1, -0.05) is 0 Å². The summed E-state index contributed by atoms with van der Waals surface area (Å²) in [7, 11) is 0. The van der Waals surface area contributed by atoms with Crippen LogP contribution in [0, 0.1) is 33.4 Å². The van der Waals surface area contributed by atoms with E-state index >= 15 is 0 Å². The molecule has 3 aromatic carbocycles.